The van der Waals surface area contributed by atoms with E-state index in [4.69, 9.17) is 15.3 Å². The average molecular weight is 88.0 g/mol. The molecule has 0 saturated heterocycles. The van der Waals surface area contributed by atoms with E-state index < -0.39 is 5.09 Å². The molecule has 26 valence electrons. The van der Waals surface area contributed by atoms with Crippen molar-refractivity contribution in [1.29, 1.82) is 0 Å². The monoisotopic (exact) mass is 88.0 g/mol. The predicted molar refractivity (Wildman–Crippen MR) is 11.0 cm³/mol. The van der Waals surface area contributed by atoms with Crippen LogP contribution < -0.4 is 29.6 Å². The van der Waals surface area contributed by atoms with E-state index in [1.165, 1.54) is 0 Å². The Bertz CT molecular complexity index is 35.9. The molecular formula is H3NNaO3+. The first kappa shape index (κ1) is 8.96. The SMILES string of the molecule is O=[N+]([O-])O.[H+].[H-].[Na+]. The molecule has 0 aromatic carbocycles. The fourth-order valence-electron chi connectivity index (χ4n) is 0. The standard InChI is InChI=1S/HNO3.Na.H/c2-1(3)4;;/h(H,2,3,4);;/q;+1;-1/p+1. The van der Waals surface area contributed by atoms with Gasteiger partial charge in [-0.2, -0.15) is 0 Å². The van der Waals surface area contributed by atoms with Crippen molar-refractivity contribution < 1.29 is 42.7 Å². The molecule has 0 heterocycles. The first-order valence-corrected chi connectivity index (χ1v) is 0.565. The summed E-state index contributed by atoms with van der Waals surface area (Å²) in [6, 6.07) is 0. The molecule has 0 atom stereocenters. The smallest absolute Gasteiger partial charge is 1.00 e. The molecule has 0 bridgehead atoms. The molecule has 0 rings (SSSR count). The van der Waals surface area contributed by atoms with Gasteiger partial charge in [0.25, 0.3) is 5.09 Å². The van der Waals surface area contributed by atoms with Crippen molar-refractivity contribution in [3.8, 4) is 0 Å². The van der Waals surface area contributed by atoms with E-state index in [1.807, 2.05) is 0 Å². The molecule has 0 fully saturated rings. The van der Waals surface area contributed by atoms with Crippen molar-refractivity contribution in [2.75, 3.05) is 0 Å². The molecule has 0 aromatic rings. The molecule has 1 N–H and O–H groups in total. The van der Waals surface area contributed by atoms with Gasteiger partial charge in [0, 0.05) is 0 Å². The van der Waals surface area contributed by atoms with Gasteiger partial charge in [-0.15, -0.1) is 10.1 Å². The largest absolute Gasteiger partial charge is 1.00 e. The number of rotatable bonds is 0. The molecule has 0 spiro atoms. The first-order chi connectivity index (χ1) is 1.73. The molecule has 5 heteroatoms. The van der Waals surface area contributed by atoms with Gasteiger partial charge in [0.2, 0.25) is 0 Å². The van der Waals surface area contributed by atoms with Gasteiger partial charge < -0.3 is 6.63 Å². The molecule has 0 aliphatic heterocycles. The Labute approximate surface area is 53.2 Å². The Kier molecular flexibility index (Phi) is 7.52. The normalized spacial score (nSPS) is 4.80. The van der Waals surface area contributed by atoms with Crippen LogP contribution in [0.3, 0.4) is 0 Å². The predicted octanol–water partition coefficient (Wildman–Crippen LogP) is -3.12. The van der Waals surface area contributed by atoms with Crippen LogP contribution in [0.5, 0.6) is 0 Å². The zero-order valence-electron chi connectivity index (χ0n) is 4.71. The van der Waals surface area contributed by atoms with Crippen LogP contribution in [-0.2, 0) is 0 Å². The van der Waals surface area contributed by atoms with Crippen molar-refractivity contribution in [1.82, 2.24) is 0 Å². The molecule has 4 nitrogen and oxygen atoms in total. The van der Waals surface area contributed by atoms with Gasteiger partial charge in [-0.25, -0.2) is 0 Å². The molecule has 0 radical (unpaired) electrons. The van der Waals surface area contributed by atoms with E-state index in [9.17, 15) is 0 Å². The molecule has 0 unspecified atom stereocenters. The van der Waals surface area contributed by atoms with Gasteiger partial charge in [-0.3, -0.25) is 0 Å². The summed E-state index contributed by atoms with van der Waals surface area (Å²) >= 11 is 0. The van der Waals surface area contributed by atoms with Crippen molar-refractivity contribution in [2.24, 2.45) is 0 Å². The van der Waals surface area contributed by atoms with Crippen LogP contribution in [0.15, 0.2) is 0 Å². The average Bonchev–Trinajstić information content (AvgIpc) is 0.811. The van der Waals surface area contributed by atoms with Crippen LogP contribution in [-0.4, -0.2) is 10.3 Å². The minimum atomic E-state index is -1.50. The fourth-order valence-corrected chi connectivity index (χ4v) is 0. The summed E-state index contributed by atoms with van der Waals surface area (Å²) in [4.78, 5) is 8.36. The Morgan fingerprint density at radius 3 is 2.20 bits per heavy atom. The van der Waals surface area contributed by atoms with Crippen LogP contribution in [0, 0.1) is 10.1 Å². The quantitative estimate of drug-likeness (QED) is 0.193. The zero-order chi connectivity index (χ0) is 3.58. The Morgan fingerprint density at radius 1 is 2.20 bits per heavy atom. The van der Waals surface area contributed by atoms with Crippen LogP contribution in [0.4, 0.5) is 0 Å². The summed E-state index contributed by atoms with van der Waals surface area (Å²) in [7, 11) is 0. The van der Waals surface area contributed by atoms with Crippen molar-refractivity contribution in [3.05, 3.63) is 10.1 Å². The number of hydrogen-bond acceptors (Lipinski definition) is 2. The van der Waals surface area contributed by atoms with E-state index in [0.29, 0.717) is 0 Å². The molecule has 0 saturated carbocycles. The van der Waals surface area contributed by atoms with Crippen LogP contribution in [0.2, 0.25) is 0 Å². The summed E-state index contributed by atoms with van der Waals surface area (Å²) in [5.74, 6) is 0. The second-order valence-corrected chi connectivity index (χ2v) is 0.238. The van der Waals surface area contributed by atoms with Gasteiger partial charge in [0.15, 0.2) is 0 Å². The van der Waals surface area contributed by atoms with E-state index in [0.717, 1.165) is 0 Å². The van der Waals surface area contributed by atoms with E-state index in [2.05, 4.69) is 0 Å². The van der Waals surface area contributed by atoms with Gasteiger partial charge >= 0.3 is 31.0 Å². The Hall–Kier alpha value is 0.200. The van der Waals surface area contributed by atoms with Crippen LogP contribution in [0.1, 0.15) is 2.85 Å². The van der Waals surface area contributed by atoms with Crippen molar-refractivity contribution >= 4 is 0 Å². The molecule has 0 aliphatic carbocycles. The second kappa shape index (κ2) is 4.20. The fraction of sp³-hybridized carbons (Fsp3) is 0. The third-order valence-electron chi connectivity index (χ3n) is 0. The van der Waals surface area contributed by atoms with Crippen molar-refractivity contribution in [2.45, 2.75) is 0 Å². The van der Waals surface area contributed by atoms with Crippen molar-refractivity contribution in [3.63, 3.8) is 0 Å². The van der Waals surface area contributed by atoms with Gasteiger partial charge in [0.05, 0.1) is 0 Å². The minimum absolute atomic E-state index is 0. The molecule has 0 amide bonds. The minimum Gasteiger partial charge on any atom is -1.00 e. The summed E-state index contributed by atoms with van der Waals surface area (Å²) in [6.45, 7) is 0. The summed E-state index contributed by atoms with van der Waals surface area (Å²) in [5, 5.41) is 13.6. The maximum atomic E-state index is 8.36. The van der Waals surface area contributed by atoms with Gasteiger partial charge in [-0.05, 0) is 0 Å². The molecule has 0 aromatic heterocycles. The Morgan fingerprint density at radius 2 is 2.20 bits per heavy atom. The third kappa shape index (κ3) is 508. The summed E-state index contributed by atoms with van der Waals surface area (Å²) < 4.78 is 0. The molecular weight excluding hydrogens is 85.0 g/mol. The maximum Gasteiger partial charge on any atom is 1.00 e. The van der Waals surface area contributed by atoms with Crippen LogP contribution >= 0.6 is 0 Å². The molecule has 5 heavy (non-hydrogen) atoms. The zero-order valence-corrected chi connectivity index (χ0v) is 4.71. The summed E-state index contributed by atoms with van der Waals surface area (Å²) in [6.07, 6.45) is 0. The van der Waals surface area contributed by atoms with E-state index in [1.54, 1.807) is 0 Å². The molecule has 0 aliphatic rings. The second-order valence-electron chi connectivity index (χ2n) is 0.238. The third-order valence-corrected chi connectivity index (χ3v) is 0. The topological polar surface area (TPSA) is 63.4 Å². The summed E-state index contributed by atoms with van der Waals surface area (Å²) in [5.41, 5.74) is 0. The Balaban J connectivity index is -0.0000000150. The van der Waals surface area contributed by atoms with Crippen LogP contribution in [0.25, 0.3) is 0 Å². The maximum absolute atomic E-state index is 8.36. The van der Waals surface area contributed by atoms with Gasteiger partial charge in [0.1, 0.15) is 0 Å². The number of hydrogen-bond donors (Lipinski definition) is 1. The first-order valence-electron chi connectivity index (χ1n) is 0.565. The van der Waals surface area contributed by atoms with E-state index in [-0.39, 0.29) is 32.4 Å². The van der Waals surface area contributed by atoms with E-state index >= 15 is 0 Å². The number of nitrogens with zero attached hydrogens (tertiary/aromatic N) is 1. The van der Waals surface area contributed by atoms with Gasteiger partial charge in [-0.1, -0.05) is 0 Å².